The van der Waals surface area contributed by atoms with Gasteiger partial charge in [-0.1, -0.05) is 23.2 Å². The monoisotopic (exact) mass is 304 g/mol. The van der Waals surface area contributed by atoms with Gasteiger partial charge in [-0.15, -0.1) is 5.10 Å². The molecule has 0 amide bonds. The van der Waals surface area contributed by atoms with Gasteiger partial charge in [0.1, 0.15) is 0 Å². The van der Waals surface area contributed by atoms with Crippen LogP contribution in [0.5, 0.6) is 0 Å². The molecule has 0 atom stereocenters. The highest BCUT2D eigenvalue weighted by Gasteiger charge is 2.14. The van der Waals surface area contributed by atoms with Gasteiger partial charge in [0.05, 0.1) is 23.9 Å². The Morgan fingerprint density at radius 3 is 2.53 bits per heavy atom. The molecule has 1 aromatic carbocycles. The second-order valence-corrected chi connectivity index (χ2v) is 4.15. The number of nitrogens with one attached hydrogen (secondary N) is 1. The van der Waals surface area contributed by atoms with Crippen molar-refractivity contribution in [2.24, 2.45) is 5.10 Å². The quantitative estimate of drug-likeness (QED) is 0.401. The second-order valence-electron chi connectivity index (χ2n) is 3.31. The Kier molecular flexibility index (Phi) is 6.45. The van der Waals surface area contributed by atoms with Gasteiger partial charge in [0.25, 0.3) is 0 Å². The van der Waals surface area contributed by atoms with Crippen molar-refractivity contribution in [3.63, 3.8) is 0 Å². The Hall–Kier alpha value is -1.46. The van der Waals surface area contributed by atoms with Crippen LogP contribution < -0.4 is 5.43 Å². The highest BCUT2D eigenvalue weighted by Crippen LogP contribution is 2.25. The lowest BCUT2D eigenvalue weighted by Gasteiger charge is -2.08. The van der Waals surface area contributed by atoms with E-state index in [1.54, 1.807) is 32.0 Å². The smallest absolute Gasteiger partial charge is 0.395 e. The fourth-order valence-corrected chi connectivity index (χ4v) is 1.61. The predicted octanol–water partition coefficient (Wildman–Crippen LogP) is 3.32. The van der Waals surface area contributed by atoms with E-state index < -0.39 is 5.97 Å². The molecule has 19 heavy (non-hydrogen) atoms. The maximum absolute atomic E-state index is 11.5. The summed E-state index contributed by atoms with van der Waals surface area (Å²) >= 11 is 11.7. The largest absolute Gasteiger partial charge is 0.472 e. The summed E-state index contributed by atoms with van der Waals surface area (Å²) in [5.41, 5.74) is 3.14. The van der Waals surface area contributed by atoms with Gasteiger partial charge in [-0.05, 0) is 32.0 Å². The van der Waals surface area contributed by atoms with E-state index in [4.69, 9.17) is 32.7 Å². The van der Waals surface area contributed by atoms with Gasteiger partial charge in [0, 0.05) is 5.02 Å². The summed E-state index contributed by atoms with van der Waals surface area (Å²) in [4.78, 5) is 11.5. The van der Waals surface area contributed by atoms with Gasteiger partial charge in [0.15, 0.2) is 0 Å². The van der Waals surface area contributed by atoms with Gasteiger partial charge in [0.2, 0.25) is 0 Å². The van der Waals surface area contributed by atoms with Gasteiger partial charge >= 0.3 is 11.9 Å². The first kappa shape index (κ1) is 15.6. The minimum atomic E-state index is -0.637. The zero-order valence-corrected chi connectivity index (χ0v) is 12.1. The molecular formula is C12H14Cl2N2O3. The summed E-state index contributed by atoms with van der Waals surface area (Å²) in [6.07, 6.45) is 0. The first-order chi connectivity index (χ1) is 9.08. The van der Waals surface area contributed by atoms with E-state index in [1.165, 1.54) is 0 Å². The van der Waals surface area contributed by atoms with Crippen LogP contribution in [0.2, 0.25) is 10.0 Å². The van der Waals surface area contributed by atoms with Crippen molar-refractivity contribution in [3.05, 3.63) is 28.2 Å². The first-order valence-corrected chi connectivity index (χ1v) is 6.42. The molecule has 1 rings (SSSR count). The lowest BCUT2D eigenvalue weighted by atomic mass is 10.3. The summed E-state index contributed by atoms with van der Waals surface area (Å²) in [5, 5.41) is 4.73. The van der Waals surface area contributed by atoms with Crippen LogP contribution >= 0.6 is 23.2 Å². The first-order valence-electron chi connectivity index (χ1n) is 5.67. The molecule has 0 heterocycles. The number of benzene rings is 1. The van der Waals surface area contributed by atoms with Gasteiger partial charge in [-0.25, -0.2) is 4.79 Å². The molecule has 0 aliphatic heterocycles. The van der Waals surface area contributed by atoms with Crippen molar-refractivity contribution in [2.45, 2.75) is 13.8 Å². The molecule has 5 nitrogen and oxygen atoms in total. The number of ether oxygens (including phenoxy) is 2. The molecule has 0 bridgehead atoms. The van der Waals surface area contributed by atoms with E-state index in [1.807, 2.05) is 0 Å². The normalized spacial score (nSPS) is 11.1. The second kappa shape index (κ2) is 7.86. The highest BCUT2D eigenvalue weighted by atomic mass is 35.5. The number of carbonyl (C=O) groups excluding carboxylic acids is 1. The molecule has 0 radical (unpaired) electrons. The highest BCUT2D eigenvalue weighted by molar-refractivity contribution is 6.36. The number of rotatable bonds is 4. The van der Waals surface area contributed by atoms with Crippen molar-refractivity contribution >= 4 is 40.8 Å². The number of halogens is 2. The molecule has 1 aromatic rings. The van der Waals surface area contributed by atoms with Crippen LogP contribution in [-0.2, 0) is 14.3 Å². The van der Waals surface area contributed by atoms with Crippen LogP contribution in [0.3, 0.4) is 0 Å². The van der Waals surface area contributed by atoms with Crippen LogP contribution in [0.15, 0.2) is 23.3 Å². The predicted molar refractivity (Wildman–Crippen MR) is 75.8 cm³/mol. The molecule has 0 spiro atoms. The van der Waals surface area contributed by atoms with Crippen molar-refractivity contribution in [2.75, 3.05) is 18.6 Å². The third-order valence-electron chi connectivity index (χ3n) is 1.94. The maximum Gasteiger partial charge on any atom is 0.395 e. The van der Waals surface area contributed by atoms with Crippen molar-refractivity contribution in [1.82, 2.24) is 0 Å². The van der Waals surface area contributed by atoms with Crippen molar-refractivity contribution in [1.29, 1.82) is 0 Å². The van der Waals surface area contributed by atoms with Crippen LogP contribution in [0.25, 0.3) is 0 Å². The zero-order chi connectivity index (χ0) is 14.3. The fraction of sp³-hybridized carbons (Fsp3) is 0.333. The molecule has 0 saturated heterocycles. The average Bonchev–Trinajstić information content (AvgIpc) is 2.36. The Balaban J connectivity index is 2.82. The van der Waals surface area contributed by atoms with E-state index in [0.29, 0.717) is 22.3 Å². The number of hydrogen-bond donors (Lipinski definition) is 1. The molecule has 7 heteroatoms. The minimum Gasteiger partial charge on any atom is -0.472 e. The van der Waals surface area contributed by atoms with Crippen LogP contribution in [0.4, 0.5) is 5.69 Å². The van der Waals surface area contributed by atoms with Crippen LogP contribution in [0.1, 0.15) is 13.8 Å². The molecule has 0 unspecified atom stereocenters. The molecule has 0 aliphatic rings. The summed E-state index contributed by atoms with van der Waals surface area (Å²) < 4.78 is 9.89. The van der Waals surface area contributed by atoms with Crippen molar-refractivity contribution < 1.29 is 14.3 Å². The SMILES string of the molecule is CCOC(=O)C(=NNc1ccc(Cl)cc1Cl)OCC. The molecule has 0 fully saturated rings. The number of carbonyl (C=O) groups is 1. The summed E-state index contributed by atoms with van der Waals surface area (Å²) in [5.74, 6) is -0.794. The van der Waals surface area contributed by atoms with E-state index in [2.05, 4.69) is 10.5 Å². The van der Waals surface area contributed by atoms with E-state index in [0.717, 1.165) is 0 Å². The minimum absolute atomic E-state index is 0.157. The standard InChI is InChI=1S/C12H14Cl2N2O3/c1-3-18-11(12(17)19-4-2)16-15-10-6-5-8(13)7-9(10)14/h5-7,15H,3-4H2,1-2H3. The number of anilines is 1. The average molecular weight is 305 g/mol. The van der Waals surface area contributed by atoms with E-state index in [-0.39, 0.29) is 12.5 Å². The lowest BCUT2D eigenvalue weighted by Crippen LogP contribution is -2.22. The third kappa shape index (κ3) is 4.96. The van der Waals surface area contributed by atoms with E-state index in [9.17, 15) is 4.79 Å². The molecule has 0 aromatic heterocycles. The maximum atomic E-state index is 11.5. The summed E-state index contributed by atoms with van der Waals surface area (Å²) in [6.45, 7) is 3.98. The van der Waals surface area contributed by atoms with Gasteiger partial charge in [-0.2, -0.15) is 0 Å². The van der Waals surface area contributed by atoms with Gasteiger partial charge in [-0.3, -0.25) is 5.43 Å². The van der Waals surface area contributed by atoms with Crippen molar-refractivity contribution in [3.8, 4) is 0 Å². The lowest BCUT2D eigenvalue weighted by molar-refractivity contribution is -0.136. The van der Waals surface area contributed by atoms with Crippen LogP contribution in [0, 0.1) is 0 Å². The third-order valence-corrected chi connectivity index (χ3v) is 2.49. The molecular weight excluding hydrogens is 291 g/mol. The molecule has 0 saturated carbocycles. The van der Waals surface area contributed by atoms with E-state index >= 15 is 0 Å². The molecule has 104 valence electrons. The number of nitrogens with zero attached hydrogens (tertiary/aromatic N) is 1. The Labute approximate surface area is 121 Å². The fourth-order valence-electron chi connectivity index (χ4n) is 1.16. The Bertz CT molecular complexity index is 478. The number of esters is 1. The zero-order valence-electron chi connectivity index (χ0n) is 10.6. The molecule has 0 aliphatic carbocycles. The summed E-state index contributed by atoms with van der Waals surface area (Å²) in [6, 6.07) is 4.85. The molecule has 1 N–H and O–H groups in total. The van der Waals surface area contributed by atoms with Gasteiger partial charge < -0.3 is 9.47 Å². The Morgan fingerprint density at radius 2 is 1.95 bits per heavy atom. The number of hydrazone groups is 1. The summed E-state index contributed by atoms with van der Waals surface area (Å²) in [7, 11) is 0. The van der Waals surface area contributed by atoms with Crippen LogP contribution in [-0.4, -0.2) is 25.1 Å². The Morgan fingerprint density at radius 1 is 1.26 bits per heavy atom. The topological polar surface area (TPSA) is 59.9 Å². The number of hydrogen-bond acceptors (Lipinski definition) is 5.